The molecule has 0 aliphatic heterocycles. The number of hydrogen-bond donors (Lipinski definition) is 2. The van der Waals surface area contributed by atoms with Crippen LogP contribution in [0.4, 0.5) is 0 Å². The summed E-state index contributed by atoms with van der Waals surface area (Å²) in [6.45, 7) is 3.60. The van der Waals surface area contributed by atoms with E-state index in [4.69, 9.17) is 26.8 Å². The van der Waals surface area contributed by atoms with Gasteiger partial charge in [-0.15, -0.1) is 0 Å². The molecule has 23 heavy (non-hydrogen) atoms. The second-order valence-corrected chi connectivity index (χ2v) is 5.61. The molecule has 1 atom stereocenters. The Morgan fingerprint density at radius 3 is 2.39 bits per heavy atom. The number of rotatable bonds is 7. The first-order valence-corrected chi connectivity index (χ1v) is 7.37. The Kier molecular flexibility index (Phi) is 6.90. The van der Waals surface area contributed by atoms with E-state index in [1.54, 1.807) is 32.1 Å². The summed E-state index contributed by atoms with van der Waals surface area (Å²) >= 11 is 6.10. The average molecular weight is 341 g/mol. The van der Waals surface area contributed by atoms with Crippen molar-refractivity contribution < 1.29 is 19.1 Å². The van der Waals surface area contributed by atoms with Crippen molar-refractivity contribution in [3.63, 3.8) is 0 Å². The molecule has 0 fully saturated rings. The van der Waals surface area contributed by atoms with Crippen LogP contribution in [0.25, 0.3) is 6.08 Å². The van der Waals surface area contributed by atoms with Crippen molar-refractivity contribution in [3.05, 3.63) is 28.8 Å². The van der Waals surface area contributed by atoms with Crippen LogP contribution < -0.4 is 20.5 Å². The zero-order chi connectivity index (χ0) is 17.6. The van der Waals surface area contributed by atoms with Crippen LogP contribution >= 0.6 is 11.6 Å². The molecule has 0 bridgehead atoms. The number of ether oxygens (including phenoxy) is 2. The lowest BCUT2D eigenvalue weighted by molar-refractivity contribution is -0.126. The van der Waals surface area contributed by atoms with Crippen molar-refractivity contribution in [2.75, 3.05) is 14.2 Å². The lowest BCUT2D eigenvalue weighted by atomic mass is 10.0. The zero-order valence-corrected chi connectivity index (χ0v) is 14.3. The first-order valence-electron chi connectivity index (χ1n) is 6.99. The van der Waals surface area contributed by atoms with E-state index in [0.29, 0.717) is 22.1 Å². The molecule has 0 saturated carbocycles. The van der Waals surface area contributed by atoms with Crippen molar-refractivity contribution in [2.24, 2.45) is 11.7 Å². The predicted octanol–water partition coefficient (Wildman–Crippen LogP) is 2.00. The number of nitrogens with two attached hydrogens (primary N) is 1. The average Bonchev–Trinajstić information content (AvgIpc) is 2.49. The molecule has 0 heterocycles. The Bertz CT molecular complexity index is 614. The molecule has 2 amide bonds. The molecule has 0 aromatic heterocycles. The van der Waals surface area contributed by atoms with Gasteiger partial charge in [0.1, 0.15) is 6.04 Å². The number of methoxy groups -OCH3 is 2. The summed E-state index contributed by atoms with van der Waals surface area (Å²) in [6.07, 6.45) is 2.86. The lowest BCUT2D eigenvalue weighted by Gasteiger charge is -2.17. The normalized spacial score (nSPS) is 12.3. The lowest BCUT2D eigenvalue weighted by Crippen LogP contribution is -2.47. The number of halogens is 1. The molecule has 1 rings (SSSR count). The summed E-state index contributed by atoms with van der Waals surface area (Å²) in [5, 5.41) is 2.93. The molecular formula is C16H21ClN2O4. The molecule has 3 N–H and O–H groups in total. The van der Waals surface area contributed by atoms with Gasteiger partial charge in [-0.25, -0.2) is 0 Å². The third-order valence-corrected chi connectivity index (χ3v) is 3.43. The van der Waals surface area contributed by atoms with E-state index in [-0.39, 0.29) is 5.92 Å². The first kappa shape index (κ1) is 18.8. The maximum atomic E-state index is 11.9. The number of carbonyl (C=O) groups excluding carboxylic acids is 2. The molecule has 1 unspecified atom stereocenters. The molecule has 0 aliphatic rings. The van der Waals surface area contributed by atoms with Crippen LogP contribution in [-0.2, 0) is 9.59 Å². The topological polar surface area (TPSA) is 90.6 Å². The summed E-state index contributed by atoms with van der Waals surface area (Å²) in [4.78, 5) is 23.2. The van der Waals surface area contributed by atoms with Crippen LogP contribution in [0.5, 0.6) is 11.5 Å². The zero-order valence-electron chi connectivity index (χ0n) is 13.6. The van der Waals surface area contributed by atoms with Gasteiger partial charge in [-0.2, -0.15) is 0 Å². The van der Waals surface area contributed by atoms with E-state index < -0.39 is 17.9 Å². The summed E-state index contributed by atoms with van der Waals surface area (Å²) < 4.78 is 10.3. The number of amides is 2. The number of benzene rings is 1. The molecular weight excluding hydrogens is 320 g/mol. The van der Waals surface area contributed by atoms with Crippen molar-refractivity contribution in [3.8, 4) is 11.5 Å². The highest BCUT2D eigenvalue weighted by molar-refractivity contribution is 6.32. The van der Waals surface area contributed by atoms with E-state index in [1.165, 1.54) is 20.3 Å². The summed E-state index contributed by atoms with van der Waals surface area (Å²) in [5.41, 5.74) is 5.91. The van der Waals surface area contributed by atoms with Gasteiger partial charge in [0.2, 0.25) is 11.8 Å². The first-order chi connectivity index (χ1) is 10.8. The van der Waals surface area contributed by atoms with Crippen molar-refractivity contribution in [1.29, 1.82) is 0 Å². The van der Waals surface area contributed by atoms with Gasteiger partial charge in [0, 0.05) is 6.08 Å². The van der Waals surface area contributed by atoms with Gasteiger partial charge in [-0.3, -0.25) is 9.59 Å². The van der Waals surface area contributed by atoms with E-state index in [0.717, 1.165) is 0 Å². The fraction of sp³-hybridized carbons (Fsp3) is 0.375. The molecule has 0 saturated heterocycles. The van der Waals surface area contributed by atoms with Gasteiger partial charge in [0.25, 0.3) is 0 Å². The third kappa shape index (κ3) is 5.17. The van der Waals surface area contributed by atoms with Crippen molar-refractivity contribution in [1.82, 2.24) is 5.32 Å². The minimum Gasteiger partial charge on any atom is -0.493 e. The van der Waals surface area contributed by atoms with Gasteiger partial charge in [-0.1, -0.05) is 25.4 Å². The van der Waals surface area contributed by atoms with Crippen molar-refractivity contribution in [2.45, 2.75) is 19.9 Å². The van der Waals surface area contributed by atoms with E-state index in [2.05, 4.69) is 5.32 Å². The van der Waals surface area contributed by atoms with Gasteiger partial charge in [-0.05, 0) is 29.7 Å². The van der Waals surface area contributed by atoms with Crippen LogP contribution in [0.1, 0.15) is 19.4 Å². The Morgan fingerprint density at radius 1 is 1.26 bits per heavy atom. The number of hydrogen-bond acceptors (Lipinski definition) is 4. The van der Waals surface area contributed by atoms with Crippen LogP contribution in [-0.4, -0.2) is 32.1 Å². The SMILES string of the molecule is COc1cc(C=CC(=O)NC(C(N)=O)C(C)C)cc(Cl)c1OC. The van der Waals surface area contributed by atoms with Gasteiger partial charge in [0.15, 0.2) is 11.5 Å². The Morgan fingerprint density at radius 2 is 1.91 bits per heavy atom. The van der Waals surface area contributed by atoms with Crippen LogP contribution in [0.3, 0.4) is 0 Å². The van der Waals surface area contributed by atoms with Crippen LogP contribution in [0.15, 0.2) is 18.2 Å². The highest BCUT2D eigenvalue weighted by Crippen LogP contribution is 2.36. The maximum absolute atomic E-state index is 11.9. The Labute approximate surface area is 140 Å². The number of carbonyl (C=O) groups is 2. The molecule has 126 valence electrons. The molecule has 1 aromatic rings. The summed E-state index contributed by atoms with van der Waals surface area (Å²) in [7, 11) is 2.98. The predicted molar refractivity (Wildman–Crippen MR) is 89.6 cm³/mol. The van der Waals surface area contributed by atoms with Crippen LogP contribution in [0.2, 0.25) is 5.02 Å². The molecule has 6 nitrogen and oxygen atoms in total. The van der Waals surface area contributed by atoms with Gasteiger partial charge < -0.3 is 20.5 Å². The highest BCUT2D eigenvalue weighted by atomic mass is 35.5. The van der Waals surface area contributed by atoms with Gasteiger partial charge in [0.05, 0.1) is 19.2 Å². The molecule has 0 radical (unpaired) electrons. The van der Waals surface area contributed by atoms with E-state index >= 15 is 0 Å². The molecule has 7 heteroatoms. The minimum absolute atomic E-state index is 0.0969. The second-order valence-electron chi connectivity index (χ2n) is 5.20. The van der Waals surface area contributed by atoms with E-state index in [9.17, 15) is 9.59 Å². The summed E-state index contributed by atoms with van der Waals surface area (Å²) in [6, 6.07) is 2.60. The molecule has 0 spiro atoms. The second kappa shape index (κ2) is 8.43. The van der Waals surface area contributed by atoms with Crippen molar-refractivity contribution >= 4 is 29.5 Å². The maximum Gasteiger partial charge on any atom is 0.244 e. The number of primary amides is 1. The quantitative estimate of drug-likeness (QED) is 0.743. The largest absolute Gasteiger partial charge is 0.493 e. The minimum atomic E-state index is -0.721. The Hall–Kier alpha value is -2.21. The summed E-state index contributed by atoms with van der Waals surface area (Å²) in [5.74, 6) is -0.216. The fourth-order valence-electron chi connectivity index (χ4n) is 1.97. The molecule has 0 aliphatic carbocycles. The smallest absolute Gasteiger partial charge is 0.244 e. The fourth-order valence-corrected chi connectivity index (χ4v) is 2.27. The molecule has 1 aromatic carbocycles. The monoisotopic (exact) mass is 340 g/mol. The number of nitrogens with one attached hydrogen (secondary N) is 1. The Balaban J connectivity index is 2.90. The van der Waals surface area contributed by atoms with E-state index in [1.807, 2.05) is 0 Å². The van der Waals surface area contributed by atoms with Crippen LogP contribution in [0, 0.1) is 5.92 Å². The standard InChI is InChI=1S/C16H21ClN2O4/c1-9(2)14(16(18)21)19-13(20)6-5-10-7-11(17)15(23-4)12(8-10)22-3/h5-9,14H,1-4H3,(H2,18,21)(H,19,20). The third-order valence-electron chi connectivity index (χ3n) is 3.15. The highest BCUT2D eigenvalue weighted by Gasteiger charge is 2.20. The van der Waals surface area contributed by atoms with Gasteiger partial charge >= 0.3 is 0 Å².